The molecule has 0 aliphatic heterocycles. The maximum absolute atomic E-state index is 12.5. The highest BCUT2D eigenvalue weighted by atomic mass is 35.5. The van der Waals surface area contributed by atoms with Gasteiger partial charge in [0.25, 0.3) is 11.6 Å². The van der Waals surface area contributed by atoms with E-state index in [1.807, 2.05) is 0 Å². The quantitative estimate of drug-likeness (QED) is 0.199. The monoisotopic (exact) mass is 523 g/mol. The minimum absolute atomic E-state index is 0.0743. The van der Waals surface area contributed by atoms with E-state index in [1.54, 1.807) is 0 Å². The van der Waals surface area contributed by atoms with Crippen LogP contribution >= 0.6 is 23.2 Å². The van der Waals surface area contributed by atoms with E-state index in [1.165, 1.54) is 49.7 Å². The maximum Gasteiger partial charge on any atom is 0.339 e. The van der Waals surface area contributed by atoms with E-state index in [9.17, 15) is 23.3 Å². The first-order valence-corrected chi connectivity index (χ1v) is 11.4. The molecule has 176 valence electrons. The fourth-order valence-electron chi connectivity index (χ4n) is 2.60. The molecular formula is C21H15Cl2N3O7S. The van der Waals surface area contributed by atoms with Crippen LogP contribution < -0.4 is 14.3 Å². The summed E-state index contributed by atoms with van der Waals surface area (Å²) < 4.78 is 35.4. The van der Waals surface area contributed by atoms with Crippen LogP contribution in [0.1, 0.15) is 15.9 Å². The summed E-state index contributed by atoms with van der Waals surface area (Å²) in [5.74, 6) is -0.556. The van der Waals surface area contributed by atoms with Gasteiger partial charge in [0.1, 0.15) is 4.90 Å². The second-order valence-corrected chi connectivity index (χ2v) is 8.89. The molecule has 10 nitrogen and oxygen atoms in total. The van der Waals surface area contributed by atoms with Gasteiger partial charge >= 0.3 is 10.1 Å². The Balaban J connectivity index is 1.72. The zero-order valence-corrected chi connectivity index (χ0v) is 19.6. The molecule has 0 bridgehead atoms. The van der Waals surface area contributed by atoms with Crippen LogP contribution in [0.5, 0.6) is 11.5 Å². The van der Waals surface area contributed by atoms with Crippen molar-refractivity contribution in [1.29, 1.82) is 0 Å². The standard InChI is InChI=1S/C21H15Cl2N3O7S/c1-32-20-10-13(12-24-25-21(27)14-3-8-17(22)18(23)11-14)2-9-19(20)33-34(30,31)16-6-4-15(5-7-16)26(28)29/h2-12H,1H3,(H,25,27)/b24-12-. The van der Waals surface area contributed by atoms with Gasteiger partial charge in [0.15, 0.2) is 11.5 Å². The topological polar surface area (TPSA) is 137 Å². The van der Waals surface area contributed by atoms with Crippen LogP contribution in [0.2, 0.25) is 10.0 Å². The number of halogens is 2. The summed E-state index contributed by atoms with van der Waals surface area (Å²) in [6.07, 6.45) is 1.31. The molecule has 34 heavy (non-hydrogen) atoms. The number of methoxy groups -OCH3 is 1. The Bertz CT molecular complexity index is 1380. The first-order valence-electron chi connectivity index (χ1n) is 9.26. The minimum atomic E-state index is -4.28. The van der Waals surface area contributed by atoms with Crippen LogP contribution in [-0.2, 0) is 10.1 Å². The van der Waals surface area contributed by atoms with E-state index in [-0.39, 0.29) is 32.7 Å². The largest absolute Gasteiger partial charge is 0.493 e. The van der Waals surface area contributed by atoms with Gasteiger partial charge in [-0.1, -0.05) is 23.2 Å². The number of carbonyl (C=O) groups is 1. The molecular weight excluding hydrogens is 509 g/mol. The Morgan fingerprint density at radius 3 is 2.35 bits per heavy atom. The third kappa shape index (κ3) is 6.01. The summed E-state index contributed by atoms with van der Waals surface area (Å²) in [6, 6.07) is 12.9. The highest BCUT2D eigenvalue weighted by Crippen LogP contribution is 2.31. The molecule has 0 saturated carbocycles. The second-order valence-electron chi connectivity index (χ2n) is 6.53. The molecule has 0 fully saturated rings. The lowest BCUT2D eigenvalue weighted by atomic mass is 10.2. The summed E-state index contributed by atoms with van der Waals surface area (Å²) >= 11 is 11.7. The number of nitro benzene ring substituents is 1. The van der Waals surface area contributed by atoms with Gasteiger partial charge < -0.3 is 8.92 Å². The number of nitrogens with zero attached hydrogens (tertiary/aromatic N) is 2. The number of rotatable bonds is 8. The number of carbonyl (C=O) groups excluding carboxylic acids is 1. The molecule has 0 spiro atoms. The van der Waals surface area contributed by atoms with E-state index in [0.29, 0.717) is 10.6 Å². The number of hydrogen-bond acceptors (Lipinski definition) is 8. The first-order chi connectivity index (χ1) is 16.1. The number of benzene rings is 3. The molecule has 0 radical (unpaired) electrons. The van der Waals surface area contributed by atoms with Crippen molar-refractivity contribution < 1.29 is 27.1 Å². The number of hydrogen-bond donors (Lipinski definition) is 1. The molecule has 0 heterocycles. The van der Waals surface area contributed by atoms with Gasteiger partial charge in [0.05, 0.1) is 28.3 Å². The highest BCUT2D eigenvalue weighted by molar-refractivity contribution is 7.87. The number of hydrazone groups is 1. The van der Waals surface area contributed by atoms with Crippen LogP contribution in [0.3, 0.4) is 0 Å². The Morgan fingerprint density at radius 2 is 1.74 bits per heavy atom. The molecule has 0 atom stereocenters. The fraction of sp³-hybridized carbons (Fsp3) is 0.0476. The minimum Gasteiger partial charge on any atom is -0.493 e. The fourth-order valence-corrected chi connectivity index (χ4v) is 3.84. The Kier molecular flexibility index (Phi) is 7.72. The Hall–Kier alpha value is -3.67. The molecule has 0 unspecified atom stereocenters. The third-order valence-electron chi connectivity index (χ3n) is 4.28. The highest BCUT2D eigenvalue weighted by Gasteiger charge is 2.20. The lowest BCUT2D eigenvalue weighted by Crippen LogP contribution is -2.17. The van der Waals surface area contributed by atoms with E-state index in [2.05, 4.69) is 10.5 Å². The summed E-state index contributed by atoms with van der Waals surface area (Å²) in [4.78, 5) is 22.0. The van der Waals surface area contributed by atoms with Crippen LogP contribution in [0.4, 0.5) is 5.69 Å². The maximum atomic E-state index is 12.5. The van der Waals surface area contributed by atoms with Crippen LogP contribution in [0, 0.1) is 10.1 Å². The van der Waals surface area contributed by atoms with Crippen molar-refractivity contribution in [3.63, 3.8) is 0 Å². The van der Waals surface area contributed by atoms with Gasteiger partial charge in [-0.15, -0.1) is 0 Å². The molecule has 1 N–H and O–H groups in total. The van der Waals surface area contributed by atoms with Gasteiger partial charge in [-0.3, -0.25) is 14.9 Å². The normalized spacial score (nSPS) is 11.3. The molecule has 13 heteroatoms. The van der Waals surface area contributed by atoms with E-state index < -0.39 is 20.9 Å². The third-order valence-corrected chi connectivity index (χ3v) is 6.27. The average molecular weight is 524 g/mol. The van der Waals surface area contributed by atoms with Crippen molar-refractivity contribution in [2.75, 3.05) is 7.11 Å². The molecule has 3 rings (SSSR count). The van der Waals surface area contributed by atoms with Crippen molar-refractivity contribution >= 4 is 51.1 Å². The van der Waals surface area contributed by atoms with Gasteiger partial charge in [-0.2, -0.15) is 13.5 Å². The van der Waals surface area contributed by atoms with Gasteiger partial charge in [0.2, 0.25) is 0 Å². The lowest BCUT2D eigenvalue weighted by Gasteiger charge is -2.11. The molecule has 0 aliphatic rings. The number of amides is 1. The van der Waals surface area contributed by atoms with Crippen LogP contribution in [-0.4, -0.2) is 32.6 Å². The summed E-state index contributed by atoms with van der Waals surface area (Å²) in [5.41, 5.74) is 2.79. The van der Waals surface area contributed by atoms with E-state index in [0.717, 1.165) is 24.3 Å². The first kappa shape index (κ1) is 25.0. The number of nitrogens with one attached hydrogen (secondary N) is 1. The van der Waals surface area contributed by atoms with Crippen molar-refractivity contribution in [3.05, 3.63) is 92.0 Å². The van der Waals surface area contributed by atoms with Crippen molar-refractivity contribution in [1.82, 2.24) is 5.43 Å². The summed E-state index contributed by atoms with van der Waals surface area (Å²) in [6.45, 7) is 0. The second kappa shape index (κ2) is 10.5. The summed E-state index contributed by atoms with van der Waals surface area (Å²) in [7, 11) is -2.97. The number of nitro groups is 1. The van der Waals surface area contributed by atoms with Gasteiger partial charge in [-0.25, -0.2) is 5.43 Å². The predicted molar refractivity (Wildman–Crippen MR) is 125 cm³/mol. The van der Waals surface area contributed by atoms with Crippen LogP contribution in [0.25, 0.3) is 0 Å². The van der Waals surface area contributed by atoms with Gasteiger partial charge in [0, 0.05) is 17.7 Å². The molecule has 0 aliphatic carbocycles. The lowest BCUT2D eigenvalue weighted by molar-refractivity contribution is -0.384. The SMILES string of the molecule is COc1cc(/C=N\NC(=O)c2ccc(Cl)c(Cl)c2)ccc1OS(=O)(=O)c1ccc([N+](=O)[O-])cc1. The zero-order chi connectivity index (χ0) is 24.9. The average Bonchev–Trinajstić information content (AvgIpc) is 2.81. The van der Waals surface area contributed by atoms with Crippen molar-refractivity contribution in [2.24, 2.45) is 5.10 Å². The van der Waals surface area contributed by atoms with Gasteiger partial charge in [-0.05, 0) is 54.1 Å². The Labute approximate surface area is 204 Å². The smallest absolute Gasteiger partial charge is 0.339 e. The van der Waals surface area contributed by atoms with Crippen molar-refractivity contribution in [3.8, 4) is 11.5 Å². The molecule has 3 aromatic rings. The number of non-ortho nitro benzene ring substituents is 1. The summed E-state index contributed by atoms with van der Waals surface area (Å²) in [5, 5.41) is 15.1. The van der Waals surface area contributed by atoms with Crippen LogP contribution in [0.15, 0.2) is 70.7 Å². The molecule has 0 saturated heterocycles. The zero-order valence-electron chi connectivity index (χ0n) is 17.3. The molecule has 3 aromatic carbocycles. The Morgan fingerprint density at radius 1 is 1.03 bits per heavy atom. The molecule has 0 aromatic heterocycles. The molecule has 1 amide bonds. The van der Waals surface area contributed by atoms with E-state index >= 15 is 0 Å². The van der Waals surface area contributed by atoms with Crippen molar-refractivity contribution in [2.45, 2.75) is 4.90 Å². The predicted octanol–water partition coefficient (Wildman–Crippen LogP) is 4.44. The number of ether oxygens (including phenoxy) is 1. The van der Waals surface area contributed by atoms with E-state index in [4.69, 9.17) is 32.1 Å².